The number of nitrogens with one attached hydrogen (secondary N) is 3. The van der Waals surface area contributed by atoms with E-state index in [1.54, 1.807) is 23.1 Å². The highest BCUT2D eigenvalue weighted by Crippen LogP contribution is 2.35. The molecule has 2 heterocycles. The second kappa shape index (κ2) is 10.9. The van der Waals surface area contributed by atoms with E-state index in [1.165, 1.54) is 31.3 Å². The maximum atomic E-state index is 14.7. The molecule has 184 valence electrons. The molecule has 36 heavy (non-hydrogen) atoms. The summed E-state index contributed by atoms with van der Waals surface area (Å²) >= 11 is 6.26. The third kappa shape index (κ3) is 5.47. The maximum absolute atomic E-state index is 14.7. The van der Waals surface area contributed by atoms with Crippen molar-refractivity contribution >= 4 is 52.2 Å². The third-order valence-electron chi connectivity index (χ3n) is 5.27. The minimum atomic E-state index is -0.678. The van der Waals surface area contributed by atoms with Gasteiger partial charge in [-0.1, -0.05) is 23.6 Å². The predicted molar refractivity (Wildman–Crippen MR) is 136 cm³/mol. The van der Waals surface area contributed by atoms with Gasteiger partial charge in [0.1, 0.15) is 16.6 Å². The number of ether oxygens (including phenoxy) is 1. The third-order valence-corrected chi connectivity index (χ3v) is 5.54. The number of para-hydroxylation sites is 1. The smallest absolute Gasteiger partial charge is 0.254 e. The molecule has 0 unspecified atom stereocenters. The van der Waals surface area contributed by atoms with E-state index in [2.05, 4.69) is 31.8 Å². The number of rotatable bonds is 6. The van der Waals surface area contributed by atoms with E-state index < -0.39 is 11.7 Å². The lowest BCUT2D eigenvalue weighted by Gasteiger charge is -2.21. The van der Waals surface area contributed by atoms with E-state index in [1.807, 2.05) is 0 Å². The molecule has 4 rings (SSSR count). The van der Waals surface area contributed by atoms with Gasteiger partial charge in [-0.25, -0.2) is 9.37 Å². The Hall–Kier alpha value is -4.36. The van der Waals surface area contributed by atoms with Crippen LogP contribution >= 0.6 is 11.6 Å². The Morgan fingerprint density at radius 1 is 1.28 bits per heavy atom. The topological polar surface area (TPSA) is 108 Å². The fraction of sp³-hybridized carbons (Fsp3) is 0.200. The van der Waals surface area contributed by atoms with Crippen LogP contribution in [0.3, 0.4) is 0 Å². The first-order valence-electron chi connectivity index (χ1n) is 11.0. The largest absolute Gasteiger partial charge is 0.491 e. The highest BCUT2D eigenvalue weighted by molar-refractivity contribution is 6.33. The number of nitrogens with zero attached hydrogens (tertiary/aromatic N) is 3. The van der Waals surface area contributed by atoms with Gasteiger partial charge < -0.3 is 25.6 Å². The SMILES string of the molecule is C#CCNC(=O)c1cccc(F)c1Nc1nc(Nc2ccc3c(c2)N(C(C)=O)CCCO3)ncc1Cl. The molecule has 1 aliphatic rings. The molecule has 1 aliphatic heterocycles. The lowest BCUT2D eigenvalue weighted by Crippen LogP contribution is -2.28. The lowest BCUT2D eigenvalue weighted by atomic mass is 10.1. The second-order valence-corrected chi connectivity index (χ2v) is 8.15. The molecule has 3 aromatic rings. The van der Waals surface area contributed by atoms with Crippen LogP contribution in [0.25, 0.3) is 0 Å². The zero-order valence-corrected chi connectivity index (χ0v) is 20.0. The average Bonchev–Trinajstić information content (AvgIpc) is 3.08. The summed E-state index contributed by atoms with van der Waals surface area (Å²) in [5.41, 5.74) is 1.15. The van der Waals surface area contributed by atoms with Crippen LogP contribution in [0.4, 0.5) is 33.2 Å². The molecule has 3 N–H and O–H groups in total. The van der Waals surface area contributed by atoms with Crippen molar-refractivity contribution in [3.8, 4) is 18.1 Å². The quantitative estimate of drug-likeness (QED) is 0.427. The summed E-state index contributed by atoms with van der Waals surface area (Å²) < 4.78 is 20.4. The van der Waals surface area contributed by atoms with Crippen molar-refractivity contribution in [1.29, 1.82) is 0 Å². The summed E-state index contributed by atoms with van der Waals surface area (Å²) in [5, 5.41) is 8.46. The number of terminal acetylenes is 1. The van der Waals surface area contributed by atoms with Crippen molar-refractivity contribution in [2.45, 2.75) is 13.3 Å². The number of aromatic nitrogens is 2. The van der Waals surface area contributed by atoms with Crippen LogP contribution in [-0.4, -0.2) is 41.5 Å². The molecule has 0 atom stereocenters. The predicted octanol–water partition coefficient (Wildman–Crippen LogP) is 4.25. The first kappa shape index (κ1) is 24.8. The van der Waals surface area contributed by atoms with Gasteiger partial charge in [0.2, 0.25) is 11.9 Å². The normalized spacial score (nSPS) is 12.4. The molecule has 0 aliphatic carbocycles. The average molecular weight is 509 g/mol. The molecule has 9 nitrogen and oxygen atoms in total. The minimum Gasteiger partial charge on any atom is -0.491 e. The molecule has 11 heteroatoms. The van der Waals surface area contributed by atoms with Crippen molar-refractivity contribution in [3.05, 3.63) is 59.0 Å². The van der Waals surface area contributed by atoms with E-state index in [9.17, 15) is 14.0 Å². The van der Waals surface area contributed by atoms with Crippen LogP contribution in [0.1, 0.15) is 23.7 Å². The number of benzene rings is 2. The van der Waals surface area contributed by atoms with Gasteiger partial charge in [-0.15, -0.1) is 6.42 Å². The van der Waals surface area contributed by atoms with Gasteiger partial charge in [0.05, 0.1) is 36.3 Å². The van der Waals surface area contributed by atoms with Gasteiger partial charge in [-0.05, 0) is 36.8 Å². The van der Waals surface area contributed by atoms with E-state index in [4.69, 9.17) is 22.8 Å². The molecule has 0 fully saturated rings. The standard InChI is InChI=1S/C25H22ClFN6O3/c1-3-10-28-24(35)17-6-4-7-19(27)22(17)31-23-18(26)14-29-25(32-23)30-16-8-9-21-20(13-16)33(15(2)34)11-5-12-36-21/h1,4,6-9,13-14H,5,10-12H2,2H3,(H,28,35)(H2,29,30,31,32). The van der Waals surface area contributed by atoms with Crippen LogP contribution < -0.4 is 25.6 Å². The maximum Gasteiger partial charge on any atom is 0.254 e. The van der Waals surface area contributed by atoms with Crippen molar-refractivity contribution in [2.75, 3.05) is 35.2 Å². The van der Waals surface area contributed by atoms with Gasteiger partial charge >= 0.3 is 0 Å². The summed E-state index contributed by atoms with van der Waals surface area (Å²) in [6.07, 6.45) is 7.25. The van der Waals surface area contributed by atoms with E-state index in [-0.39, 0.29) is 40.5 Å². The van der Waals surface area contributed by atoms with Crippen molar-refractivity contribution < 1.29 is 18.7 Å². The Balaban J connectivity index is 1.62. The van der Waals surface area contributed by atoms with Crippen molar-refractivity contribution in [3.63, 3.8) is 0 Å². The van der Waals surface area contributed by atoms with Gasteiger partial charge in [-0.3, -0.25) is 9.59 Å². The fourth-order valence-corrected chi connectivity index (χ4v) is 3.75. The van der Waals surface area contributed by atoms with Crippen LogP contribution in [0.15, 0.2) is 42.6 Å². The fourth-order valence-electron chi connectivity index (χ4n) is 3.61. The van der Waals surface area contributed by atoms with E-state index in [0.29, 0.717) is 36.7 Å². The van der Waals surface area contributed by atoms with Gasteiger partial charge in [-0.2, -0.15) is 4.98 Å². The molecular formula is C25H22ClFN6O3. The molecule has 2 aromatic carbocycles. The molecule has 0 saturated heterocycles. The Labute approximate surface area is 212 Å². The summed E-state index contributed by atoms with van der Waals surface area (Å²) in [4.78, 5) is 34.8. The number of carbonyl (C=O) groups is 2. The zero-order valence-electron chi connectivity index (χ0n) is 19.3. The first-order valence-corrected chi connectivity index (χ1v) is 11.4. The molecule has 0 saturated carbocycles. The van der Waals surface area contributed by atoms with Crippen LogP contribution in [0, 0.1) is 18.2 Å². The number of hydrogen-bond donors (Lipinski definition) is 3. The summed E-state index contributed by atoms with van der Waals surface area (Å²) in [6.45, 7) is 2.54. The molecular weight excluding hydrogens is 487 g/mol. The molecule has 1 aromatic heterocycles. The highest BCUT2D eigenvalue weighted by Gasteiger charge is 2.21. The molecule has 0 spiro atoms. The summed E-state index contributed by atoms with van der Waals surface area (Å²) in [5.74, 6) is 1.80. The van der Waals surface area contributed by atoms with Crippen LogP contribution in [0.5, 0.6) is 5.75 Å². The Morgan fingerprint density at radius 3 is 2.89 bits per heavy atom. The number of anilines is 5. The highest BCUT2D eigenvalue weighted by atomic mass is 35.5. The molecule has 0 bridgehead atoms. The van der Waals surface area contributed by atoms with E-state index >= 15 is 0 Å². The number of hydrogen-bond acceptors (Lipinski definition) is 7. The Kier molecular flexibility index (Phi) is 7.51. The molecule has 0 radical (unpaired) electrons. The van der Waals surface area contributed by atoms with Crippen molar-refractivity contribution in [2.24, 2.45) is 0 Å². The minimum absolute atomic E-state index is 0.00993. The van der Waals surface area contributed by atoms with Gasteiger partial charge in [0, 0.05) is 19.2 Å². The monoisotopic (exact) mass is 508 g/mol. The second-order valence-electron chi connectivity index (χ2n) is 7.74. The number of halogens is 2. The lowest BCUT2D eigenvalue weighted by molar-refractivity contribution is -0.116. The number of carbonyl (C=O) groups excluding carboxylic acids is 2. The van der Waals surface area contributed by atoms with Crippen LogP contribution in [0.2, 0.25) is 5.02 Å². The Morgan fingerprint density at radius 2 is 2.11 bits per heavy atom. The van der Waals surface area contributed by atoms with Gasteiger partial charge in [0.15, 0.2) is 5.82 Å². The summed E-state index contributed by atoms with van der Waals surface area (Å²) in [6, 6.07) is 9.34. The summed E-state index contributed by atoms with van der Waals surface area (Å²) in [7, 11) is 0. The first-order chi connectivity index (χ1) is 17.4. The van der Waals surface area contributed by atoms with Crippen molar-refractivity contribution in [1.82, 2.24) is 15.3 Å². The number of amides is 2. The van der Waals surface area contributed by atoms with Crippen LogP contribution in [-0.2, 0) is 4.79 Å². The zero-order chi connectivity index (χ0) is 25.7. The van der Waals surface area contributed by atoms with Gasteiger partial charge in [0.25, 0.3) is 5.91 Å². The number of fused-ring (bicyclic) bond motifs is 1. The molecule has 2 amide bonds. The Bertz CT molecular complexity index is 1360. The van der Waals surface area contributed by atoms with E-state index in [0.717, 1.165) is 0 Å².